The molecule has 2 fully saturated rings. The highest BCUT2D eigenvalue weighted by Crippen LogP contribution is 2.32. The molecule has 2 atom stereocenters. The van der Waals surface area contributed by atoms with Crippen LogP contribution in [-0.4, -0.2) is 62.6 Å². The Balaban J connectivity index is 1.26. The molecule has 0 saturated carbocycles. The lowest BCUT2D eigenvalue weighted by Gasteiger charge is -2.22. The van der Waals surface area contributed by atoms with Gasteiger partial charge in [-0.2, -0.15) is 0 Å². The van der Waals surface area contributed by atoms with E-state index in [1.807, 2.05) is 0 Å². The predicted molar refractivity (Wildman–Crippen MR) is 119 cm³/mol. The first-order valence-corrected chi connectivity index (χ1v) is 12.5. The molecule has 188 valence electrons. The molecule has 0 radical (unpaired) electrons. The number of primary sulfonamides is 1. The number of ether oxygens (including phenoxy) is 1. The zero-order valence-corrected chi connectivity index (χ0v) is 19.4. The number of aryl methyl sites for hydroxylation is 1. The van der Waals surface area contributed by atoms with E-state index in [2.05, 4.69) is 4.74 Å². The van der Waals surface area contributed by atoms with Crippen LogP contribution < -0.4 is 9.88 Å². The van der Waals surface area contributed by atoms with Gasteiger partial charge >= 0.3 is 6.36 Å². The highest BCUT2D eigenvalue weighted by molar-refractivity contribution is 7.89. The second-order valence-electron chi connectivity index (χ2n) is 8.79. The molecule has 8 nitrogen and oxygen atoms in total. The SMILES string of the molecule is NS(=O)(=O)c1ccc(C(=O)N2CC3CN(C(=O)CCc4ccc(OC(F)(F)F)cc4)CC3C2)cc1. The van der Waals surface area contributed by atoms with Crippen LogP contribution in [0.1, 0.15) is 22.3 Å². The molecule has 0 aromatic heterocycles. The summed E-state index contributed by atoms with van der Waals surface area (Å²) in [7, 11) is -3.83. The number of sulfonamides is 1. The second-order valence-corrected chi connectivity index (χ2v) is 10.4. The standard InChI is InChI=1S/C23H24F3N3O5S/c24-23(25,26)34-19-6-1-15(2-7-19)3-10-21(30)28-11-17-13-29(14-18(17)12-28)22(31)16-4-8-20(9-5-16)35(27,32)33/h1-2,4-9,17-18H,3,10-14H2,(H2,27,32,33). The fourth-order valence-corrected chi connectivity index (χ4v) is 5.11. The van der Waals surface area contributed by atoms with Gasteiger partial charge in [0.1, 0.15) is 5.75 Å². The van der Waals surface area contributed by atoms with Crippen molar-refractivity contribution in [3.05, 3.63) is 59.7 Å². The molecule has 2 aliphatic rings. The van der Waals surface area contributed by atoms with Crippen molar-refractivity contribution in [3.63, 3.8) is 0 Å². The van der Waals surface area contributed by atoms with Gasteiger partial charge < -0.3 is 14.5 Å². The summed E-state index contributed by atoms with van der Waals surface area (Å²) in [6.07, 6.45) is -4.11. The van der Waals surface area contributed by atoms with Crippen molar-refractivity contribution in [2.75, 3.05) is 26.2 Å². The maximum atomic E-state index is 12.8. The van der Waals surface area contributed by atoms with E-state index in [0.717, 1.165) is 5.56 Å². The first-order valence-electron chi connectivity index (χ1n) is 10.9. The highest BCUT2D eigenvalue weighted by atomic mass is 32.2. The lowest BCUT2D eigenvalue weighted by Crippen LogP contribution is -2.35. The van der Waals surface area contributed by atoms with E-state index in [9.17, 15) is 31.2 Å². The number of halogens is 3. The van der Waals surface area contributed by atoms with Gasteiger partial charge in [0, 0.05) is 50.0 Å². The van der Waals surface area contributed by atoms with Crippen LogP contribution >= 0.6 is 0 Å². The number of nitrogens with zero attached hydrogens (tertiary/aromatic N) is 2. The van der Waals surface area contributed by atoms with Gasteiger partial charge in [0.15, 0.2) is 0 Å². The zero-order valence-electron chi connectivity index (χ0n) is 18.6. The summed E-state index contributed by atoms with van der Waals surface area (Å²) in [6.45, 7) is 2.09. The molecule has 2 amide bonds. The lowest BCUT2D eigenvalue weighted by molar-refractivity contribution is -0.274. The van der Waals surface area contributed by atoms with Crippen LogP contribution in [0, 0.1) is 11.8 Å². The van der Waals surface area contributed by atoms with Crippen LogP contribution in [0.2, 0.25) is 0 Å². The molecule has 2 N–H and O–H groups in total. The second kappa shape index (κ2) is 9.50. The van der Waals surface area contributed by atoms with Crippen molar-refractivity contribution in [3.8, 4) is 5.75 Å². The molecule has 2 saturated heterocycles. The van der Waals surface area contributed by atoms with Crippen molar-refractivity contribution in [1.29, 1.82) is 0 Å². The molecule has 12 heteroatoms. The van der Waals surface area contributed by atoms with Crippen molar-refractivity contribution < 1.29 is 35.9 Å². The summed E-state index contributed by atoms with van der Waals surface area (Å²) < 4.78 is 63.4. The van der Waals surface area contributed by atoms with Crippen molar-refractivity contribution >= 4 is 21.8 Å². The predicted octanol–water partition coefficient (Wildman–Crippen LogP) is 2.40. The Bertz CT molecular complexity index is 1190. The number of hydrogen-bond acceptors (Lipinski definition) is 5. The van der Waals surface area contributed by atoms with Crippen molar-refractivity contribution in [2.45, 2.75) is 24.1 Å². The molecular weight excluding hydrogens is 487 g/mol. The summed E-state index contributed by atoms with van der Waals surface area (Å²) >= 11 is 0. The van der Waals surface area contributed by atoms with Crippen LogP contribution in [0.25, 0.3) is 0 Å². The monoisotopic (exact) mass is 511 g/mol. The number of hydrogen-bond donors (Lipinski definition) is 1. The number of carbonyl (C=O) groups is 2. The Morgan fingerprint density at radius 3 is 1.97 bits per heavy atom. The summed E-state index contributed by atoms with van der Waals surface area (Å²) in [5, 5.41) is 5.09. The molecular formula is C23H24F3N3O5S. The van der Waals surface area contributed by atoms with Crippen molar-refractivity contribution in [2.24, 2.45) is 17.0 Å². The zero-order chi connectivity index (χ0) is 25.4. The van der Waals surface area contributed by atoms with Crippen LogP contribution in [-0.2, 0) is 21.2 Å². The Morgan fingerprint density at radius 2 is 1.46 bits per heavy atom. The number of nitrogens with two attached hydrogens (primary N) is 1. The van der Waals surface area contributed by atoms with Gasteiger partial charge in [-0.05, 0) is 48.4 Å². The molecule has 2 aromatic rings. The van der Waals surface area contributed by atoms with E-state index in [-0.39, 0.29) is 40.7 Å². The average Bonchev–Trinajstić information content (AvgIpc) is 3.36. The molecule has 0 aliphatic carbocycles. The minimum atomic E-state index is -4.75. The minimum Gasteiger partial charge on any atom is -0.406 e. The lowest BCUT2D eigenvalue weighted by atomic mass is 10.0. The largest absolute Gasteiger partial charge is 0.573 e. The van der Waals surface area contributed by atoms with Gasteiger partial charge in [-0.15, -0.1) is 13.2 Å². The van der Waals surface area contributed by atoms with Gasteiger partial charge in [0.25, 0.3) is 5.91 Å². The van der Waals surface area contributed by atoms with E-state index in [4.69, 9.17) is 5.14 Å². The first kappa shape index (κ1) is 25.0. The molecule has 2 heterocycles. The Kier molecular flexibility index (Phi) is 6.78. The maximum Gasteiger partial charge on any atom is 0.573 e. The number of carbonyl (C=O) groups excluding carboxylic acids is 2. The van der Waals surface area contributed by atoms with E-state index in [1.54, 1.807) is 9.80 Å². The van der Waals surface area contributed by atoms with Crippen LogP contribution in [0.15, 0.2) is 53.4 Å². The molecule has 2 aliphatic heterocycles. The highest BCUT2D eigenvalue weighted by Gasteiger charge is 2.43. The van der Waals surface area contributed by atoms with Gasteiger partial charge in [-0.3, -0.25) is 9.59 Å². The molecule has 4 rings (SSSR count). The Hall–Kier alpha value is -3.12. The normalized spacial score (nSPS) is 20.1. The number of alkyl halides is 3. The van der Waals surface area contributed by atoms with E-state index < -0.39 is 16.4 Å². The van der Waals surface area contributed by atoms with Gasteiger partial charge in [-0.1, -0.05) is 12.1 Å². The number of fused-ring (bicyclic) bond motifs is 1. The van der Waals surface area contributed by atoms with Crippen LogP contribution in [0.4, 0.5) is 13.2 Å². The summed E-state index contributed by atoms with van der Waals surface area (Å²) in [5.74, 6) is -0.224. The Morgan fingerprint density at radius 1 is 0.914 bits per heavy atom. The smallest absolute Gasteiger partial charge is 0.406 e. The van der Waals surface area contributed by atoms with Gasteiger partial charge in [-0.25, -0.2) is 13.6 Å². The molecule has 0 bridgehead atoms. The maximum absolute atomic E-state index is 12.8. The van der Waals surface area contributed by atoms with Crippen LogP contribution in [0.3, 0.4) is 0 Å². The summed E-state index contributed by atoms with van der Waals surface area (Å²) in [6, 6.07) is 10.9. The van der Waals surface area contributed by atoms with Crippen LogP contribution in [0.5, 0.6) is 5.75 Å². The van der Waals surface area contributed by atoms with Gasteiger partial charge in [0.05, 0.1) is 4.90 Å². The van der Waals surface area contributed by atoms with Gasteiger partial charge in [0.2, 0.25) is 15.9 Å². The molecule has 2 aromatic carbocycles. The van der Waals surface area contributed by atoms with E-state index in [1.165, 1.54) is 48.5 Å². The minimum absolute atomic E-state index is 0.0357. The average molecular weight is 512 g/mol. The molecule has 0 spiro atoms. The first-order chi connectivity index (χ1) is 16.4. The fraction of sp³-hybridized carbons (Fsp3) is 0.391. The number of likely N-dealkylation sites (tertiary alicyclic amines) is 2. The third-order valence-electron chi connectivity index (χ3n) is 6.34. The number of benzene rings is 2. The molecule has 2 unspecified atom stereocenters. The topological polar surface area (TPSA) is 110 Å². The fourth-order valence-electron chi connectivity index (χ4n) is 4.60. The number of rotatable bonds is 6. The van der Waals surface area contributed by atoms with Crippen molar-refractivity contribution in [1.82, 2.24) is 9.80 Å². The number of amides is 2. The quantitative estimate of drug-likeness (QED) is 0.641. The summed E-state index contributed by atoms with van der Waals surface area (Å²) in [5.41, 5.74) is 1.11. The third-order valence-corrected chi connectivity index (χ3v) is 7.27. The summed E-state index contributed by atoms with van der Waals surface area (Å²) in [4.78, 5) is 28.9. The Labute approximate surface area is 200 Å². The molecule has 35 heavy (non-hydrogen) atoms. The van der Waals surface area contributed by atoms with E-state index >= 15 is 0 Å². The van der Waals surface area contributed by atoms with E-state index in [0.29, 0.717) is 38.2 Å². The third kappa shape index (κ3) is 6.12.